The molecule has 3 heterocycles. The normalized spacial score (nSPS) is 22.5. The summed E-state index contributed by atoms with van der Waals surface area (Å²) in [5, 5.41) is 10.0. The van der Waals surface area contributed by atoms with E-state index >= 15 is 0 Å². The van der Waals surface area contributed by atoms with Crippen LogP contribution in [0.3, 0.4) is 0 Å². The van der Waals surface area contributed by atoms with E-state index in [9.17, 15) is 5.11 Å². The molecule has 4 rings (SSSR count). The van der Waals surface area contributed by atoms with Crippen molar-refractivity contribution in [3.8, 4) is 5.88 Å². The molecule has 0 amide bonds. The standard InChI is InChI=1S/C23H31BN2O4/c1-16-6-9-21(25-13-16)28-19-10-11-26(14-19)20-8-7-18(12-17(20)15-27)24-29-22(2,3)23(4,5)30-24/h6-9,12-13,19,27H,10-11,14-15H2,1-5H3. The maximum absolute atomic E-state index is 10.0. The minimum absolute atomic E-state index is 0.0375. The molecule has 0 aliphatic carbocycles. The summed E-state index contributed by atoms with van der Waals surface area (Å²) >= 11 is 0. The Labute approximate surface area is 179 Å². The van der Waals surface area contributed by atoms with Crippen LogP contribution >= 0.6 is 0 Å². The predicted molar refractivity (Wildman–Crippen MR) is 118 cm³/mol. The maximum atomic E-state index is 10.0. The van der Waals surface area contributed by atoms with Gasteiger partial charge < -0.3 is 24.1 Å². The van der Waals surface area contributed by atoms with Crippen molar-refractivity contribution in [2.24, 2.45) is 0 Å². The molecule has 1 unspecified atom stereocenters. The highest BCUT2D eigenvalue weighted by Gasteiger charge is 2.51. The van der Waals surface area contributed by atoms with Gasteiger partial charge in [0, 0.05) is 36.5 Å². The van der Waals surface area contributed by atoms with Gasteiger partial charge in [-0.2, -0.15) is 0 Å². The fourth-order valence-corrected chi connectivity index (χ4v) is 3.90. The fourth-order valence-electron chi connectivity index (χ4n) is 3.90. The van der Waals surface area contributed by atoms with E-state index in [0.717, 1.165) is 41.8 Å². The van der Waals surface area contributed by atoms with E-state index < -0.39 is 7.12 Å². The number of hydrogen-bond acceptors (Lipinski definition) is 6. The second-order valence-corrected chi connectivity index (χ2v) is 9.28. The Balaban J connectivity index is 1.47. The van der Waals surface area contributed by atoms with E-state index in [0.29, 0.717) is 5.88 Å². The molecule has 1 aromatic heterocycles. The molecule has 1 aromatic carbocycles. The van der Waals surface area contributed by atoms with Gasteiger partial charge in [-0.15, -0.1) is 0 Å². The van der Waals surface area contributed by atoms with Crippen LogP contribution in [-0.2, 0) is 15.9 Å². The molecule has 0 bridgehead atoms. The molecule has 160 valence electrons. The lowest BCUT2D eigenvalue weighted by Gasteiger charge is -2.32. The Hall–Kier alpha value is -2.09. The highest BCUT2D eigenvalue weighted by molar-refractivity contribution is 6.62. The van der Waals surface area contributed by atoms with Crippen molar-refractivity contribution in [3.63, 3.8) is 0 Å². The van der Waals surface area contributed by atoms with E-state index in [1.165, 1.54) is 0 Å². The SMILES string of the molecule is Cc1ccc(OC2CCN(c3ccc(B4OC(C)(C)C(C)(C)O4)cc3CO)C2)nc1. The summed E-state index contributed by atoms with van der Waals surface area (Å²) in [6.07, 6.45) is 2.81. The van der Waals surface area contributed by atoms with Crippen LogP contribution in [-0.4, -0.2) is 47.6 Å². The molecule has 0 radical (unpaired) electrons. The van der Waals surface area contributed by atoms with Crippen LogP contribution in [0.1, 0.15) is 45.2 Å². The van der Waals surface area contributed by atoms with E-state index in [-0.39, 0.29) is 23.9 Å². The highest BCUT2D eigenvalue weighted by atomic mass is 16.7. The van der Waals surface area contributed by atoms with Crippen molar-refractivity contribution < 1.29 is 19.2 Å². The number of anilines is 1. The number of hydrogen-bond donors (Lipinski definition) is 1. The van der Waals surface area contributed by atoms with Crippen molar-refractivity contribution >= 4 is 18.3 Å². The second-order valence-electron chi connectivity index (χ2n) is 9.28. The number of aromatic nitrogens is 1. The van der Waals surface area contributed by atoms with Crippen molar-refractivity contribution in [1.29, 1.82) is 0 Å². The Kier molecular flexibility index (Phi) is 5.55. The van der Waals surface area contributed by atoms with Crippen LogP contribution < -0.4 is 15.1 Å². The molecule has 1 N–H and O–H groups in total. The van der Waals surface area contributed by atoms with Gasteiger partial charge in [0.05, 0.1) is 24.4 Å². The molecule has 2 fully saturated rings. The van der Waals surface area contributed by atoms with E-state index in [2.05, 4.69) is 16.0 Å². The van der Waals surface area contributed by atoms with Gasteiger partial charge in [-0.3, -0.25) is 0 Å². The molecule has 2 aromatic rings. The van der Waals surface area contributed by atoms with Gasteiger partial charge in [0.2, 0.25) is 5.88 Å². The molecule has 0 spiro atoms. The first-order valence-electron chi connectivity index (χ1n) is 10.6. The van der Waals surface area contributed by atoms with Gasteiger partial charge in [-0.25, -0.2) is 4.98 Å². The van der Waals surface area contributed by atoms with Crippen LogP contribution in [0.2, 0.25) is 0 Å². The summed E-state index contributed by atoms with van der Waals surface area (Å²) in [4.78, 5) is 6.61. The van der Waals surface area contributed by atoms with E-state index in [4.69, 9.17) is 14.0 Å². The lowest BCUT2D eigenvalue weighted by Crippen LogP contribution is -2.41. The smallest absolute Gasteiger partial charge is 0.472 e. The number of rotatable bonds is 5. The summed E-state index contributed by atoms with van der Waals surface area (Å²) in [6, 6.07) is 10.0. The third-order valence-electron chi connectivity index (χ3n) is 6.46. The lowest BCUT2D eigenvalue weighted by molar-refractivity contribution is 0.00578. The zero-order valence-electron chi connectivity index (χ0n) is 18.5. The Bertz CT molecular complexity index is 885. The van der Waals surface area contributed by atoms with Gasteiger partial charge in [-0.05, 0) is 51.7 Å². The number of nitrogens with zero attached hydrogens (tertiary/aromatic N) is 2. The summed E-state index contributed by atoms with van der Waals surface area (Å²) in [7, 11) is -0.434. The number of aryl methyl sites for hydroxylation is 1. The van der Waals surface area contributed by atoms with Crippen LogP contribution in [0.25, 0.3) is 0 Å². The van der Waals surface area contributed by atoms with E-state index in [1.54, 1.807) is 0 Å². The average molecular weight is 410 g/mol. The first kappa shape index (κ1) is 21.2. The highest BCUT2D eigenvalue weighted by Crippen LogP contribution is 2.37. The molecule has 2 saturated heterocycles. The third-order valence-corrected chi connectivity index (χ3v) is 6.46. The average Bonchev–Trinajstić information content (AvgIpc) is 3.24. The summed E-state index contributed by atoms with van der Waals surface area (Å²) in [5.41, 5.74) is 3.16. The summed E-state index contributed by atoms with van der Waals surface area (Å²) < 4.78 is 18.4. The Morgan fingerprint density at radius 2 is 1.90 bits per heavy atom. The van der Waals surface area contributed by atoms with Crippen molar-refractivity contribution in [3.05, 3.63) is 47.7 Å². The minimum Gasteiger partial charge on any atom is -0.472 e. The van der Waals surface area contributed by atoms with Gasteiger partial charge in [-0.1, -0.05) is 18.2 Å². The largest absolute Gasteiger partial charge is 0.494 e. The number of benzene rings is 1. The van der Waals surface area contributed by atoms with Crippen molar-refractivity contribution in [2.45, 2.75) is 65.0 Å². The van der Waals surface area contributed by atoms with Gasteiger partial charge in [0.1, 0.15) is 6.10 Å². The number of pyridine rings is 1. The fraction of sp³-hybridized carbons (Fsp3) is 0.522. The first-order chi connectivity index (χ1) is 14.2. The zero-order valence-corrected chi connectivity index (χ0v) is 18.5. The summed E-state index contributed by atoms with van der Waals surface area (Å²) in [5.74, 6) is 0.658. The lowest BCUT2D eigenvalue weighted by atomic mass is 9.78. The minimum atomic E-state index is -0.434. The van der Waals surface area contributed by atoms with Gasteiger partial charge >= 0.3 is 7.12 Å². The van der Waals surface area contributed by atoms with Crippen LogP contribution in [0, 0.1) is 6.92 Å². The van der Waals surface area contributed by atoms with Crippen molar-refractivity contribution in [1.82, 2.24) is 4.98 Å². The van der Waals surface area contributed by atoms with Gasteiger partial charge in [0.25, 0.3) is 0 Å². The molecule has 30 heavy (non-hydrogen) atoms. The van der Waals surface area contributed by atoms with Crippen LogP contribution in [0.15, 0.2) is 36.5 Å². The molecule has 7 heteroatoms. The Morgan fingerprint density at radius 1 is 1.17 bits per heavy atom. The van der Waals surface area contributed by atoms with Gasteiger partial charge in [0.15, 0.2) is 0 Å². The van der Waals surface area contributed by atoms with Crippen molar-refractivity contribution in [2.75, 3.05) is 18.0 Å². The zero-order chi connectivity index (χ0) is 21.5. The summed E-state index contributed by atoms with van der Waals surface area (Å²) in [6.45, 7) is 11.8. The number of aliphatic hydroxyl groups is 1. The second kappa shape index (κ2) is 7.87. The third kappa shape index (κ3) is 4.06. The Morgan fingerprint density at radius 3 is 2.53 bits per heavy atom. The quantitative estimate of drug-likeness (QED) is 0.765. The van der Waals surface area contributed by atoms with Crippen LogP contribution in [0.5, 0.6) is 5.88 Å². The topological polar surface area (TPSA) is 64.1 Å². The predicted octanol–water partition coefficient (Wildman–Crippen LogP) is 2.84. The molecule has 2 aliphatic rings. The number of ether oxygens (including phenoxy) is 1. The van der Waals surface area contributed by atoms with Crippen LogP contribution in [0.4, 0.5) is 5.69 Å². The molecule has 1 atom stereocenters. The first-order valence-corrected chi connectivity index (χ1v) is 10.6. The molecular formula is C23H31BN2O4. The monoisotopic (exact) mass is 410 g/mol. The number of aliphatic hydroxyl groups excluding tert-OH is 1. The molecule has 6 nitrogen and oxygen atoms in total. The molecule has 0 saturated carbocycles. The van der Waals surface area contributed by atoms with E-state index in [1.807, 2.05) is 65.1 Å². The maximum Gasteiger partial charge on any atom is 0.494 e. The molecular weight excluding hydrogens is 379 g/mol. The molecule has 2 aliphatic heterocycles.